The minimum atomic E-state index is 0.0758. The second-order valence-electron chi connectivity index (χ2n) is 6.27. The van der Waals surface area contributed by atoms with Crippen molar-refractivity contribution in [3.8, 4) is 0 Å². The lowest BCUT2D eigenvalue weighted by molar-refractivity contribution is 0.0761. The van der Waals surface area contributed by atoms with Gasteiger partial charge in [0.15, 0.2) is 0 Å². The fourth-order valence-corrected chi connectivity index (χ4v) is 3.06. The van der Waals surface area contributed by atoms with Crippen LogP contribution in [0.4, 0.5) is 5.95 Å². The highest BCUT2D eigenvalue weighted by atomic mass is 16.2. The number of piperazine rings is 1. The summed E-state index contributed by atoms with van der Waals surface area (Å²) in [7, 11) is 2.13. The Balaban J connectivity index is 1.64. The van der Waals surface area contributed by atoms with Crippen LogP contribution in [0.2, 0.25) is 0 Å². The normalized spacial score (nSPS) is 20.8. The van der Waals surface area contributed by atoms with Crippen molar-refractivity contribution in [2.45, 2.75) is 25.7 Å². The molecule has 3 rings (SSSR count). The minimum absolute atomic E-state index is 0.0758. The molecule has 6 nitrogen and oxygen atoms in total. The number of likely N-dealkylation sites (tertiary alicyclic amines) is 1. The smallest absolute Gasteiger partial charge is 0.256 e. The molecular weight excluding hydrogens is 278 g/mol. The first-order valence-electron chi connectivity index (χ1n) is 8.29. The first kappa shape index (κ1) is 15.2. The second kappa shape index (κ2) is 7.05. The van der Waals surface area contributed by atoms with E-state index in [9.17, 15) is 4.79 Å². The molecule has 0 atom stereocenters. The molecule has 0 N–H and O–H groups in total. The van der Waals surface area contributed by atoms with Crippen LogP contribution in [0.5, 0.6) is 0 Å². The van der Waals surface area contributed by atoms with Crippen LogP contribution < -0.4 is 4.90 Å². The summed E-state index contributed by atoms with van der Waals surface area (Å²) in [5.41, 5.74) is 0.611. The van der Waals surface area contributed by atoms with E-state index in [0.717, 1.165) is 58.1 Å². The molecule has 0 bridgehead atoms. The summed E-state index contributed by atoms with van der Waals surface area (Å²) >= 11 is 0. The van der Waals surface area contributed by atoms with Gasteiger partial charge in [-0.2, -0.15) is 0 Å². The Kier molecular flexibility index (Phi) is 4.87. The number of nitrogens with zero attached hydrogens (tertiary/aromatic N) is 5. The van der Waals surface area contributed by atoms with E-state index in [4.69, 9.17) is 0 Å². The third-order valence-corrected chi connectivity index (χ3v) is 4.56. The molecule has 2 aliphatic rings. The van der Waals surface area contributed by atoms with E-state index in [2.05, 4.69) is 26.8 Å². The van der Waals surface area contributed by atoms with Crippen molar-refractivity contribution < 1.29 is 4.79 Å². The summed E-state index contributed by atoms with van der Waals surface area (Å²) in [4.78, 5) is 27.8. The molecule has 2 fully saturated rings. The van der Waals surface area contributed by atoms with Crippen LogP contribution in [0.25, 0.3) is 0 Å². The number of amides is 1. The minimum Gasteiger partial charge on any atom is -0.339 e. The lowest BCUT2D eigenvalue weighted by Crippen LogP contribution is -2.45. The van der Waals surface area contributed by atoms with E-state index in [1.165, 1.54) is 12.8 Å². The van der Waals surface area contributed by atoms with Gasteiger partial charge < -0.3 is 14.7 Å². The lowest BCUT2D eigenvalue weighted by atomic mass is 10.2. The van der Waals surface area contributed by atoms with E-state index in [1.54, 1.807) is 12.4 Å². The Hall–Kier alpha value is -1.69. The molecule has 6 heteroatoms. The third kappa shape index (κ3) is 3.55. The van der Waals surface area contributed by atoms with E-state index in [1.807, 2.05) is 4.90 Å². The van der Waals surface area contributed by atoms with Crippen LogP contribution >= 0.6 is 0 Å². The maximum Gasteiger partial charge on any atom is 0.256 e. The molecule has 1 aromatic heterocycles. The molecule has 120 valence electrons. The molecule has 0 aliphatic carbocycles. The van der Waals surface area contributed by atoms with Gasteiger partial charge in [0, 0.05) is 51.7 Å². The van der Waals surface area contributed by atoms with E-state index >= 15 is 0 Å². The van der Waals surface area contributed by atoms with Crippen molar-refractivity contribution in [2.75, 3.05) is 51.2 Å². The zero-order chi connectivity index (χ0) is 15.4. The van der Waals surface area contributed by atoms with Crippen molar-refractivity contribution >= 4 is 11.9 Å². The highest BCUT2D eigenvalue weighted by Crippen LogP contribution is 2.14. The molecule has 0 radical (unpaired) electrons. The highest BCUT2D eigenvalue weighted by Gasteiger charge is 2.20. The predicted octanol–water partition coefficient (Wildman–Crippen LogP) is 1.24. The van der Waals surface area contributed by atoms with Gasteiger partial charge in [-0.1, -0.05) is 12.8 Å². The van der Waals surface area contributed by atoms with Gasteiger partial charge in [0.05, 0.1) is 5.56 Å². The zero-order valence-corrected chi connectivity index (χ0v) is 13.4. The van der Waals surface area contributed by atoms with Crippen molar-refractivity contribution in [2.24, 2.45) is 0 Å². The number of aromatic nitrogens is 2. The molecular formula is C16H25N5O. The number of hydrogen-bond donors (Lipinski definition) is 0. The molecule has 1 amide bonds. The number of carbonyl (C=O) groups excluding carboxylic acids is 1. The first-order chi connectivity index (χ1) is 10.7. The fourth-order valence-electron chi connectivity index (χ4n) is 3.06. The van der Waals surface area contributed by atoms with Crippen molar-refractivity contribution in [3.05, 3.63) is 18.0 Å². The van der Waals surface area contributed by atoms with Gasteiger partial charge in [0.2, 0.25) is 5.95 Å². The van der Waals surface area contributed by atoms with Gasteiger partial charge in [-0.3, -0.25) is 4.79 Å². The van der Waals surface area contributed by atoms with E-state index in [-0.39, 0.29) is 5.91 Å². The molecule has 1 aromatic rings. The van der Waals surface area contributed by atoms with Gasteiger partial charge in [-0.05, 0) is 19.9 Å². The first-order valence-corrected chi connectivity index (χ1v) is 8.29. The van der Waals surface area contributed by atoms with Gasteiger partial charge in [0.1, 0.15) is 0 Å². The van der Waals surface area contributed by atoms with Crippen LogP contribution in [-0.4, -0.2) is 72.0 Å². The maximum absolute atomic E-state index is 12.5. The largest absolute Gasteiger partial charge is 0.339 e. The maximum atomic E-state index is 12.5. The van der Waals surface area contributed by atoms with Gasteiger partial charge in [0.25, 0.3) is 5.91 Å². The number of rotatable bonds is 2. The molecule has 3 heterocycles. The lowest BCUT2D eigenvalue weighted by Gasteiger charge is -2.32. The topological polar surface area (TPSA) is 52.6 Å². The zero-order valence-electron chi connectivity index (χ0n) is 13.4. The van der Waals surface area contributed by atoms with Crippen LogP contribution in [0.15, 0.2) is 12.4 Å². The van der Waals surface area contributed by atoms with Crippen molar-refractivity contribution in [3.63, 3.8) is 0 Å². The van der Waals surface area contributed by atoms with Crippen LogP contribution in [0.3, 0.4) is 0 Å². The monoisotopic (exact) mass is 303 g/mol. The standard InChI is InChI=1S/C16H25N5O/c1-19-8-10-21(11-9-19)16-17-12-14(13-18-16)15(22)20-6-4-2-3-5-7-20/h12-13H,2-11H2,1H3. The molecule has 0 aromatic carbocycles. The number of anilines is 1. The van der Waals surface area contributed by atoms with Gasteiger partial charge >= 0.3 is 0 Å². The van der Waals surface area contributed by atoms with Crippen LogP contribution in [0.1, 0.15) is 36.0 Å². The Morgan fingerprint density at radius 3 is 2.09 bits per heavy atom. The second-order valence-corrected chi connectivity index (χ2v) is 6.27. The molecule has 2 aliphatic heterocycles. The summed E-state index contributed by atoms with van der Waals surface area (Å²) in [6.07, 6.45) is 8.03. The summed E-state index contributed by atoms with van der Waals surface area (Å²) in [6, 6.07) is 0. The van der Waals surface area contributed by atoms with Gasteiger partial charge in [-0.25, -0.2) is 9.97 Å². The predicted molar refractivity (Wildman–Crippen MR) is 86.1 cm³/mol. The molecule has 0 spiro atoms. The Morgan fingerprint density at radius 2 is 1.50 bits per heavy atom. The average Bonchev–Trinajstić information content (AvgIpc) is 2.84. The van der Waals surface area contributed by atoms with Crippen molar-refractivity contribution in [1.29, 1.82) is 0 Å². The van der Waals surface area contributed by atoms with E-state index in [0.29, 0.717) is 5.56 Å². The Labute approximate surface area is 132 Å². The Bertz CT molecular complexity index is 488. The fraction of sp³-hybridized carbons (Fsp3) is 0.688. The summed E-state index contributed by atoms with van der Waals surface area (Å²) < 4.78 is 0. The number of hydrogen-bond acceptors (Lipinski definition) is 5. The average molecular weight is 303 g/mol. The number of likely N-dealkylation sites (N-methyl/N-ethyl adjacent to an activating group) is 1. The molecule has 22 heavy (non-hydrogen) atoms. The number of carbonyl (C=O) groups is 1. The Morgan fingerprint density at radius 1 is 0.909 bits per heavy atom. The quantitative estimate of drug-likeness (QED) is 0.823. The van der Waals surface area contributed by atoms with E-state index < -0.39 is 0 Å². The van der Waals surface area contributed by atoms with Crippen LogP contribution in [-0.2, 0) is 0 Å². The molecule has 0 unspecified atom stereocenters. The SMILES string of the molecule is CN1CCN(c2ncc(C(=O)N3CCCCCC3)cn2)CC1. The highest BCUT2D eigenvalue weighted by molar-refractivity contribution is 5.93. The molecule has 2 saturated heterocycles. The molecule has 0 saturated carbocycles. The third-order valence-electron chi connectivity index (χ3n) is 4.56. The van der Waals surface area contributed by atoms with Gasteiger partial charge in [-0.15, -0.1) is 0 Å². The van der Waals surface area contributed by atoms with Crippen molar-refractivity contribution in [1.82, 2.24) is 19.8 Å². The summed E-state index contributed by atoms with van der Waals surface area (Å²) in [5, 5.41) is 0. The summed E-state index contributed by atoms with van der Waals surface area (Å²) in [6.45, 7) is 5.65. The summed E-state index contributed by atoms with van der Waals surface area (Å²) in [5.74, 6) is 0.812. The van der Waals surface area contributed by atoms with Crippen LogP contribution in [0, 0.1) is 0 Å².